The lowest BCUT2D eigenvalue weighted by Gasteiger charge is -2.15. The van der Waals surface area contributed by atoms with E-state index in [1.807, 2.05) is 0 Å². The Labute approximate surface area is 161 Å². The molecule has 0 heterocycles. The van der Waals surface area contributed by atoms with Gasteiger partial charge >= 0.3 is 6.18 Å². The van der Waals surface area contributed by atoms with Crippen LogP contribution in [0.25, 0.3) is 0 Å². The summed E-state index contributed by atoms with van der Waals surface area (Å²) < 4.78 is 72.3. The van der Waals surface area contributed by atoms with Gasteiger partial charge in [0.1, 0.15) is 5.82 Å². The van der Waals surface area contributed by atoms with Crippen molar-refractivity contribution in [2.24, 2.45) is 0 Å². The highest BCUT2D eigenvalue weighted by molar-refractivity contribution is 7.80. The summed E-state index contributed by atoms with van der Waals surface area (Å²) in [6.07, 6.45) is -4.07. The fourth-order valence-corrected chi connectivity index (χ4v) is 2.72. The van der Waals surface area contributed by atoms with Crippen molar-refractivity contribution < 1.29 is 31.1 Å². The van der Waals surface area contributed by atoms with Crippen molar-refractivity contribution in [2.75, 3.05) is 11.4 Å². The second-order valence-corrected chi connectivity index (χ2v) is 6.99. The van der Waals surface area contributed by atoms with E-state index in [-0.39, 0.29) is 31.0 Å². The molecule has 0 saturated heterocycles. The number of benzene rings is 2. The molecule has 0 aliphatic carbocycles. The number of hydrogen-bond donors (Lipinski definition) is 2. The lowest BCUT2D eigenvalue weighted by molar-refractivity contribution is -0.137. The van der Waals surface area contributed by atoms with Crippen LogP contribution in [0, 0.1) is 5.82 Å². The van der Waals surface area contributed by atoms with Crippen LogP contribution in [0.3, 0.4) is 0 Å². The van der Waals surface area contributed by atoms with E-state index in [2.05, 4.69) is 5.32 Å². The maximum absolute atomic E-state index is 14.0. The van der Waals surface area contributed by atoms with Gasteiger partial charge in [-0.2, -0.15) is 13.2 Å². The standard InChI is InChI=1S/C18H18F4N2O3S/c1-24(28(26)27)16-8-4-13(10-15(16)19)11-23-17(25)9-5-12-2-6-14(7-3-12)18(20,21)22/h2-4,6-8,10H,5,9,11H2,1H3,(H,23,25)(H,26,27). The molecule has 5 nitrogen and oxygen atoms in total. The zero-order valence-corrected chi connectivity index (χ0v) is 15.6. The monoisotopic (exact) mass is 418 g/mol. The third-order valence-corrected chi connectivity index (χ3v) is 4.66. The van der Waals surface area contributed by atoms with Crippen molar-refractivity contribution in [1.82, 2.24) is 5.32 Å². The molecule has 28 heavy (non-hydrogen) atoms. The number of alkyl halides is 3. The molecule has 1 amide bonds. The summed E-state index contributed by atoms with van der Waals surface area (Å²) >= 11 is -2.36. The topological polar surface area (TPSA) is 69.6 Å². The van der Waals surface area contributed by atoms with Gasteiger partial charge in [0.25, 0.3) is 11.3 Å². The van der Waals surface area contributed by atoms with Gasteiger partial charge in [-0.05, 0) is 41.8 Å². The Morgan fingerprint density at radius 2 is 1.75 bits per heavy atom. The molecule has 0 aliphatic rings. The Morgan fingerprint density at radius 1 is 1.14 bits per heavy atom. The van der Waals surface area contributed by atoms with Gasteiger partial charge in [-0.1, -0.05) is 18.2 Å². The summed E-state index contributed by atoms with van der Waals surface area (Å²) in [5, 5.41) is 2.59. The van der Waals surface area contributed by atoms with Crippen LogP contribution in [0.15, 0.2) is 42.5 Å². The van der Waals surface area contributed by atoms with Gasteiger partial charge in [-0.15, -0.1) is 0 Å². The predicted molar refractivity (Wildman–Crippen MR) is 97.2 cm³/mol. The third-order valence-electron chi connectivity index (χ3n) is 4.00. The molecule has 0 radical (unpaired) electrons. The Balaban J connectivity index is 1.85. The fraction of sp³-hybridized carbons (Fsp3) is 0.278. The molecule has 2 rings (SSSR count). The van der Waals surface area contributed by atoms with E-state index >= 15 is 0 Å². The minimum absolute atomic E-state index is 0.0506. The molecule has 0 fully saturated rings. The van der Waals surface area contributed by atoms with Gasteiger partial charge in [-0.25, -0.2) is 8.60 Å². The lowest BCUT2D eigenvalue weighted by Crippen LogP contribution is -2.23. The number of carbonyl (C=O) groups is 1. The van der Waals surface area contributed by atoms with Gasteiger partial charge < -0.3 is 5.32 Å². The number of aryl methyl sites for hydroxylation is 1. The first kappa shape index (κ1) is 21.8. The quantitative estimate of drug-likeness (QED) is 0.533. The highest BCUT2D eigenvalue weighted by atomic mass is 32.2. The second kappa shape index (κ2) is 9.16. The summed E-state index contributed by atoms with van der Waals surface area (Å²) in [6, 6.07) is 8.57. The molecule has 1 unspecified atom stereocenters. The van der Waals surface area contributed by atoms with Gasteiger partial charge in [0.15, 0.2) is 0 Å². The van der Waals surface area contributed by atoms with E-state index in [0.717, 1.165) is 22.5 Å². The maximum atomic E-state index is 14.0. The zero-order valence-electron chi connectivity index (χ0n) is 14.8. The summed E-state index contributed by atoms with van der Waals surface area (Å²) in [4.78, 5) is 11.9. The SMILES string of the molecule is CN(c1ccc(CNC(=O)CCc2ccc(C(F)(F)F)cc2)cc1F)S(=O)O. The fourth-order valence-electron chi connectivity index (χ4n) is 2.41. The van der Waals surface area contributed by atoms with Crippen LogP contribution < -0.4 is 9.62 Å². The summed E-state index contributed by atoms with van der Waals surface area (Å²) in [6.45, 7) is 0.0506. The average Bonchev–Trinajstić information content (AvgIpc) is 2.63. The first-order valence-electron chi connectivity index (χ1n) is 8.14. The molecule has 0 aromatic heterocycles. The second-order valence-electron chi connectivity index (χ2n) is 5.99. The minimum atomic E-state index is -4.40. The van der Waals surface area contributed by atoms with E-state index in [1.54, 1.807) is 0 Å². The van der Waals surface area contributed by atoms with E-state index in [0.29, 0.717) is 11.1 Å². The van der Waals surface area contributed by atoms with Crippen molar-refractivity contribution in [3.63, 3.8) is 0 Å². The normalized spacial score (nSPS) is 12.5. The van der Waals surface area contributed by atoms with Crippen LogP contribution >= 0.6 is 0 Å². The largest absolute Gasteiger partial charge is 0.416 e. The van der Waals surface area contributed by atoms with Crippen molar-refractivity contribution in [1.29, 1.82) is 0 Å². The zero-order chi connectivity index (χ0) is 20.9. The Bertz CT molecular complexity index is 857. The van der Waals surface area contributed by atoms with Crippen molar-refractivity contribution in [3.05, 3.63) is 65.0 Å². The number of nitrogens with zero attached hydrogens (tertiary/aromatic N) is 1. The number of anilines is 1. The molecule has 2 aromatic rings. The van der Waals surface area contributed by atoms with E-state index in [1.165, 1.54) is 31.3 Å². The van der Waals surface area contributed by atoms with E-state index in [9.17, 15) is 26.6 Å². The summed E-state index contributed by atoms with van der Waals surface area (Å²) in [5.74, 6) is -1.04. The van der Waals surface area contributed by atoms with Crippen LogP contribution in [0.2, 0.25) is 0 Å². The molecule has 0 aliphatic heterocycles. The Kier molecular flexibility index (Phi) is 7.14. The van der Waals surface area contributed by atoms with Crippen molar-refractivity contribution in [2.45, 2.75) is 25.6 Å². The third kappa shape index (κ3) is 6.03. The molecular weight excluding hydrogens is 400 g/mol. The molecule has 10 heteroatoms. The van der Waals surface area contributed by atoms with Gasteiger partial charge in [0, 0.05) is 20.0 Å². The summed E-state index contributed by atoms with van der Waals surface area (Å²) in [7, 11) is 1.26. The van der Waals surface area contributed by atoms with Crippen LogP contribution in [-0.2, 0) is 35.2 Å². The van der Waals surface area contributed by atoms with Crippen LogP contribution in [0.4, 0.5) is 23.2 Å². The van der Waals surface area contributed by atoms with E-state index < -0.39 is 28.8 Å². The average molecular weight is 418 g/mol. The smallest absolute Gasteiger partial charge is 0.352 e. The number of hydrogen-bond acceptors (Lipinski definition) is 2. The number of halogens is 4. The van der Waals surface area contributed by atoms with Crippen LogP contribution in [0.5, 0.6) is 0 Å². The lowest BCUT2D eigenvalue weighted by atomic mass is 10.1. The number of amides is 1. The predicted octanol–water partition coefficient (Wildman–Crippen LogP) is 3.67. The molecular formula is C18H18F4N2O3S. The highest BCUT2D eigenvalue weighted by Crippen LogP contribution is 2.29. The highest BCUT2D eigenvalue weighted by Gasteiger charge is 2.29. The van der Waals surface area contributed by atoms with Gasteiger partial charge in [0.05, 0.1) is 11.3 Å². The molecule has 0 saturated carbocycles. The van der Waals surface area contributed by atoms with Crippen molar-refractivity contribution in [3.8, 4) is 0 Å². The molecule has 2 aromatic carbocycles. The van der Waals surface area contributed by atoms with Crippen LogP contribution in [-0.4, -0.2) is 21.7 Å². The van der Waals surface area contributed by atoms with Crippen LogP contribution in [0.1, 0.15) is 23.1 Å². The molecule has 152 valence electrons. The minimum Gasteiger partial charge on any atom is -0.352 e. The molecule has 1 atom stereocenters. The summed E-state index contributed by atoms with van der Waals surface area (Å²) in [5.41, 5.74) is 0.250. The Hall–Kier alpha value is -2.46. The molecule has 0 bridgehead atoms. The van der Waals surface area contributed by atoms with Gasteiger partial charge in [-0.3, -0.25) is 13.7 Å². The van der Waals surface area contributed by atoms with Gasteiger partial charge in [0.2, 0.25) is 5.91 Å². The molecule has 2 N–H and O–H groups in total. The molecule has 0 spiro atoms. The number of nitrogens with one attached hydrogen (secondary N) is 1. The Morgan fingerprint density at radius 3 is 2.29 bits per heavy atom. The maximum Gasteiger partial charge on any atom is 0.416 e. The number of rotatable bonds is 7. The van der Waals surface area contributed by atoms with Crippen molar-refractivity contribution >= 4 is 22.9 Å². The first-order valence-corrected chi connectivity index (χ1v) is 9.20. The first-order chi connectivity index (χ1) is 13.1. The van der Waals surface area contributed by atoms with E-state index in [4.69, 9.17) is 4.55 Å². The number of carbonyl (C=O) groups excluding carboxylic acids is 1.